The number of hydrogen-bond acceptors (Lipinski definition) is 0. The van der Waals surface area contributed by atoms with Gasteiger partial charge in [0.15, 0.2) is 0 Å². The second-order valence-corrected chi connectivity index (χ2v) is 5.23. The predicted octanol–water partition coefficient (Wildman–Crippen LogP) is 5.19. The minimum Gasteiger partial charge on any atom is -0.205 e. The maximum atomic E-state index is 13.0. The molecule has 0 N–H and O–H groups in total. The van der Waals surface area contributed by atoms with E-state index in [4.69, 9.17) is 11.6 Å². The molecule has 0 atom stereocenters. The van der Waals surface area contributed by atoms with E-state index in [1.54, 1.807) is 12.1 Å². The first-order chi connectivity index (χ1) is 8.56. The smallest absolute Gasteiger partial charge is 0.141 e. The Bertz CT molecular complexity index is 529. The van der Waals surface area contributed by atoms with Crippen molar-refractivity contribution in [2.45, 2.75) is 26.2 Å². The molecule has 0 amide bonds. The zero-order chi connectivity index (χ0) is 13.1. The molecule has 0 aliphatic rings. The Morgan fingerprint density at radius 3 is 2.17 bits per heavy atom. The average molecular weight is 263 g/mol. The fourth-order valence-corrected chi connectivity index (χ4v) is 2.11. The third-order valence-electron chi connectivity index (χ3n) is 3.04. The molecule has 18 heavy (non-hydrogen) atoms. The van der Waals surface area contributed by atoms with E-state index in [1.807, 2.05) is 0 Å². The van der Waals surface area contributed by atoms with Crippen LogP contribution in [0.1, 0.15) is 36.5 Å². The van der Waals surface area contributed by atoms with Gasteiger partial charge in [0, 0.05) is 0 Å². The molecular formula is C16H16ClF. The van der Waals surface area contributed by atoms with Gasteiger partial charge in [0.25, 0.3) is 0 Å². The molecular weight excluding hydrogens is 247 g/mol. The third-order valence-corrected chi connectivity index (χ3v) is 3.33. The number of benzene rings is 2. The van der Waals surface area contributed by atoms with Crippen molar-refractivity contribution in [3.8, 4) is 0 Å². The van der Waals surface area contributed by atoms with Crippen molar-refractivity contribution in [1.82, 2.24) is 0 Å². The van der Waals surface area contributed by atoms with Crippen molar-refractivity contribution in [1.29, 1.82) is 0 Å². The lowest BCUT2D eigenvalue weighted by Gasteiger charge is -2.07. The predicted molar refractivity (Wildman–Crippen MR) is 74.7 cm³/mol. The molecule has 0 saturated heterocycles. The summed E-state index contributed by atoms with van der Waals surface area (Å²) in [6.45, 7) is 4.35. The maximum absolute atomic E-state index is 13.0. The van der Waals surface area contributed by atoms with Crippen molar-refractivity contribution < 1.29 is 4.39 Å². The summed E-state index contributed by atoms with van der Waals surface area (Å²) in [6, 6.07) is 13.4. The van der Waals surface area contributed by atoms with E-state index in [2.05, 4.69) is 38.1 Å². The van der Waals surface area contributed by atoms with Gasteiger partial charge in [-0.1, -0.05) is 55.8 Å². The standard InChI is InChI=1S/C16H16ClF/c1-11(2)14-6-3-12(4-7-14)9-13-5-8-16(18)15(17)10-13/h3-8,10-11H,9H2,1-2H3. The Balaban J connectivity index is 2.15. The van der Waals surface area contributed by atoms with Gasteiger partial charge in [0.05, 0.1) is 5.02 Å². The van der Waals surface area contributed by atoms with Gasteiger partial charge in [-0.25, -0.2) is 4.39 Å². The SMILES string of the molecule is CC(C)c1ccc(Cc2ccc(F)c(Cl)c2)cc1. The summed E-state index contributed by atoms with van der Waals surface area (Å²) in [5.41, 5.74) is 3.57. The van der Waals surface area contributed by atoms with Gasteiger partial charge >= 0.3 is 0 Å². The van der Waals surface area contributed by atoms with E-state index in [0.717, 1.165) is 12.0 Å². The molecule has 0 nitrogen and oxygen atoms in total. The largest absolute Gasteiger partial charge is 0.205 e. The molecule has 0 saturated carbocycles. The highest BCUT2D eigenvalue weighted by atomic mass is 35.5. The lowest BCUT2D eigenvalue weighted by atomic mass is 9.99. The molecule has 0 heterocycles. The molecule has 0 bridgehead atoms. The molecule has 2 heteroatoms. The zero-order valence-corrected chi connectivity index (χ0v) is 11.3. The normalized spacial score (nSPS) is 10.9. The van der Waals surface area contributed by atoms with E-state index in [-0.39, 0.29) is 10.8 Å². The van der Waals surface area contributed by atoms with E-state index < -0.39 is 0 Å². The quantitative estimate of drug-likeness (QED) is 0.714. The molecule has 0 fully saturated rings. The monoisotopic (exact) mass is 262 g/mol. The van der Waals surface area contributed by atoms with Gasteiger partial charge in [0.1, 0.15) is 5.82 Å². The maximum Gasteiger partial charge on any atom is 0.141 e. The van der Waals surface area contributed by atoms with Crippen molar-refractivity contribution in [3.05, 3.63) is 70.0 Å². The highest BCUT2D eigenvalue weighted by molar-refractivity contribution is 6.30. The molecule has 0 spiro atoms. The van der Waals surface area contributed by atoms with Gasteiger partial charge in [-0.2, -0.15) is 0 Å². The van der Waals surface area contributed by atoms with Crippen LogP contribution in [-0.4, -0.2) is 0 Å². The molecule has 2 aromatic rings. The van der Waals surface area contributed by atoms with E-state index >= 15 is 0 Å². The van der Waals surface area contributed by atoms with Crippen LogP contribution in [0.25, 0.3) is 0 Å². The number of rotatable bonds is 3. The number of hydrogen-bond donors (Lipinski definition) is 0. The molecule has 2 aromatic carbocycles. The van der Waals surface area contributed by atoms with Gasteiger partial charge in [-0.3, -0.25) is 0 Å². The molecule has 0 aliphatic carbocycles. The van der Waals surface area contributed by atoms with Gasteiger partial charge < -0.3 is 0 Å². The second-order valence-electron chi connectivity index (χ2n) is 4.82. The van der Waals surface area contributed by atoms with Crippen LogP contribution in [0.3, 0.4) is 0 Å². The first kappa shape index (κ1) is 13.1. The summed E-state index contributed by atoms with van der Waals surface area (Å²) in [6.07, 6.45) is 0.776. The van der Waals surface area contributed by atoms with Gasteiger partial charge in [0.2, 0.25) is 0 Å². The Kier molecular flexibility index (Phi) is 4.03. The summed E-state index contributed by atoms with van der Waals surface area (Å²) in [7, 11) is 0. The fourth-order valence-electron chi connectivity index (χ4n) is 1.91. The lowest BCUT2D eigenvalue weighted by Crippen LogP contribution is -1.91. The van der Waals surface area contributed by atoms with Crippen LogP contribution in [-0.2, 0) is 6.42 Å². The van der Waals surface area contributed by atoms with Crippen LogP contribution < -0.4 is 0 Å². The van der Waals surface area contributed by atoms with Gasteiger partial charge in [-0.15, -0.1) is 0 Å². The summed E-state index contributed by atoms with van der Waals surface area (Å²) >= 11 is 5.77. The molecule has 0 aromatic heterocycles. The highest BCUT2D eigenvalue weighted by Gasteiger charge is 2.03. The van der Waals surface area contributed by atoms with E-state index in [0.29, 0.717) is 5.92 Å². The Morgan fingerprint density at radius 1 is 1.00 bits per heavy atom. The topological polar surface area (TPSA) is 0 Å². The minimum absolute atomic E-state index is 0.186. The number of halogens is 2. The van der Waals surface area contributed by atoms with Crippen molar-refractivity contribution in [3.63, 3.8) is 0 Å². The second kappa shape index (κ2) is 5.53. The van der Waals surface area contributed by atoms with Crippen molar-refractivity contribution in [2.24, 2.45) is 0 Å². The van der Waals surface area contributed by atoms with Crippen LogP contribution >= 0.6 is 11.6 Å². The molecule has 94 valence electrons. The first-order valence-corrected chi connectivity index (χ1v) is 6.47. The molecule has 0 aliphatic heterocycles. The Morgan fingerprint density at radius 2 is 1.61 bits per heavy atom. The average Bonchev–Trinajstić information content (AvgIpc) is 2.34. The van der Waals surface area contributed by atoms with E-state index in [9.17, 15) is 4.39 Å². The lowest BCUT2D eigenvalue weighted by molar-refractivity contribution is 0.627. The van der Waals surface area contributed by atoms with Gasteiger partial charge in [-0.05, 0) is 41.2 Å². The third kappa shape index (κ3) is 3.11. The summed E-state index contributed by atoms with van der Waals surface area (Å²) in [5, 5.41) is 0.186. The fraction of sp³-hybridized carbons (Fsp3) is 0.250. The highest BCUT2D eigenvalue weighted by Crippen LogP contribution is 2.20. The zero-order valence-electron chi connectivity index (χ0n) is 10.6. The minimum atomic E-state index is -0.365. The first-order valence-electron chi connectivity index (χ1n) is 6.09. The molecule has 0 unspecified atom stereocenters. The van der Waals surface area contributed by atoms with Crippen LogP contribution in [0.2, 0.25) is 5.02 Å². The van der Waals surface area contributed by atoms with E-state index in [1.165, 1.54) is 17.2 Å². The van der Waals surface area contributed by atoms with Crippen LogP contribution in [0.5, 0.6) is 0 Å². The molecule has 2 rings (SSSR count). The summed E-state index contributed by atoms with van der Waals surface area (Å²) < 4.78 is 13.0. The van der Waals surface area contributed by atoms with Crippen LogP contribution in [0, 0.1) is 5.82 Å². The molecule has 0 radical (unpaired) electrons. The Labute approximate surface area is 112 Å². The van der Waals surface area contributed by atoms with Crippen LogP contribution in [0.4, 0.5) is 4.39 Å². The summed E-state index contributed by atoms with van der Waals surface area (Å²) in [4.78, 5) is 0. The Hall–Kier alpha value is -1.34. The van der Waals surface area contributed by atoms with Crippen molar-refractivity contribution in [2.75, 3.05) is 0 Å². The van der Waals surface area contributed by atoms with Crippen molar-refractivity contribution >= 4 is 11.6 Å². The summed E-state index contributed by atoms with van der Waals surface area (Å²) in [5.74, 6) is 0.176. The van der Waals surface area contributed by atoms with Crippen LogP contribution in [0.15, 0.2) is 42.5 Å².